The van der Waals surface area contributed by atoms with Gasteiger partial charge in [-0.05, 0) is 0 Å². The van der Waals surface area contributed by atoms with Gasteiger partial charge in [0.25, 0.3) is 6.43 Å². The fourth-order valence-electron chi connectivity index (χ4n) is 0.798. The van der Waals surface area contributed by atoms with Crippen molar-refractivity contribution in [2.45, 2.75) is 6.43 Å². The Morgan fingerprint density at radius 1 is 1.46 bits per heavy atom. The lowest BCUT2D eigenvalue weighted by molar-refractivity contribution is 0.111. The van der Waals surface area contributed by atoms with Crippen LogP contribution in [0.25, 0.3) is 0 Å². The minimum absolute atomic E-state index is 0.159. The number of carbonyl (C=O) groups excluding carboxylic acids is 1. The number of hydrogen-bond donors (Lipinski definition) is 1. The molecule has 6 heteroatoms. The predicted octanol–water partition coefficient (Wildman–Crippen LogP) is 1.26. The van der Waals surface area contributed by atoms with E-state index in [-0.39, 0.29) is 12.0 Å². The van der Waals surface area contributed by atoms with Gasteiger partial charge in [-0.2, -0.15) is 0 Å². The molecular weight excluding hydrogens is 187 g/mol. The molecule has 0 amide bonds. The molecule has 1 rings (SSSR count). The van der Waals surface area contributed by atoms with E-state index < -0.39 is 23.4 Å². The lowest BCUT2D eigenvalue weighted by atomic mass is 10.3. The molecule has 0 spiro atoms. The molecule has 1 aromatic heterocycles. The second-order valence-electron chi connectivity index (χ2n) is 2.24. The Balaban J connectivity index is 3.41. The van der Waals surface area contributed by atoms with Crippen LogP contribution in [0.15, 0.2) is 10.9 Å². The molecule has 0 fully saturated rings. The Morgan fingerprint density at radius 3 is 2.54 bits per heavy atom. The first-order valence-electron chi connectivity index (χ1n) is 3.22. The average Bonchev–Trinajstić information content (AvgIpc) is 2.09. The molecule has 0 bridgehead atoms. The van der Waals surface area contributed by atoms with E-state index in [1.165, 1.54) is 0 Å². The van der Waals surface area contributed by atoms with Crippen molar-refractivity contribution in [2.24, 2.45) is 0 Å². The molecule has 0 aliphatic rings. The highest BCUT2D eigenvalue weighted by atomic mass is 19.3. The molecule has 0 atom stereocenters. The zero-order chi connectivity index (χ0) is 10.0. The van der Waals surface area contributed by atoms with Crippen LogP contribution in [-0.2, 0) is 0 Å². The summed E-state index contributed by atoms with van der Waals surface area (Å²) in [5, 5.41) is 0. The predicted molar refractivity (Wildman–Crippen MR) is 37.4 cm³/mol. The molecule has 1 aromatic rings. The summed E-state index contributed by atoms with van der Waals surface area (Å²) >= 11 is 0. The first-order chi connectivity index (χ1) is 6.06. The molecule has 0 saturated carbocycles. The highest BCUT2D eigenvalue weighted by Crippen LogP contribution is 2.17. The Kier molecular flexibility index (Phi) is 2.50. The number of rotatable bonds is 2. The van der Waals surface area contributed by atoms with Gasteiger partial charge in [-0.1, -0.05) is 0 Å². The molecule has 1 heterocycles. The molecule has 0 radical (unpaired) electrons. The van der Waals surface area contributed by atoms with Crippen molar-refractivity contribution in [3.05, 3.63) is 33.5 Å². The van der Waals surface area contributed by atoms with E-state index in [0.717, 1.165) is 0 Å². The van der Waals surface area contributed by atoms with Crippen molar-refractivity contribution in [2.75, 3.05) is 0 Å². The minimum atomic E-state index is -3.15. The minimum Gasteiger partial charge on any atom is -0.349 e. The van der Waals surface area contributed by atoms with E-state index in [2.05, 4.69) is 0 Å². The standard InChI is InChI=1S/C7H4F3NO2/c8-5-4(13)1-3(2-12)11-6(5)7(9)10/h1-2,7H,(H,11,13). The smallest absolute Gasteiger partial charge is 0.281 e. The van der Waals surface area contributed by atoms with Crippen LogP contribution in [0.1, 0.15) is 22.6 Å². The maximum absolute atomic E-state index is 12.6. The highest BCUT2D eigenvalue weighted by Gasteiger charge is 2.17. The van der Waals surface area contributed by atoms with Gasteiger partial charge in [-0.25, -0.2) is 13.2 Å². The fourth-order valence-corrected chi connectivity index (χ4v) is 0.798. The first-order valence-corrected chi connectivity index (χ1v) is 3.22. The van der Waals surface area contributed by atoms with Crippen LogP contribution in [0.4, 0.5) is 13.2 Å². The summed E-state index contributed by atoms with van der Waals surface area (Å²) in [5.41, 5.74) is -2.76. The van der Waals surface area contributed by atoms with Crippen molar-refractivity contribution in [1.82, 2.24) is 4.98 Å². The normalized spacial score (nSPS) is 10.5. The van der Waals surface area contributed by atoms with Crippen LogP contribution < -0.4 is 5.43 Å². The van der Waals surface area contributed by atoms with Gasteiger partial charge in [0.15, 0.2) is 12.1 Å². The average molecular weight is 191 g/mol. The van der Waals surface area contributed by atoms with Gasteiger partial charge in [0, 0.05) is 6.07 Å². The third kappa shape index (κ3) is 1.77. The largest absolute Gasteiger partial charge is 0.349 e. The summed E-state index contributed by atoms with van der Waals surface area (Å²) in [5.74, 6) is -1.56. The number of carbonyl (C=O) groups is 1. The van der Waals surface area contributed by atoms with Crippen LogP contribution in [0.3, 0.4) is 0 Å². The third-order valence-electron chi connectivity index (χ3n) is 1.36. The van der Waals surface area contributed by atoms with Gasteiger partial charge in [-0.3, -0.25) is 9.59 Å². The molecule has 0 aromatic carbocycles. The highest BCUT2D eigenvalue weighted by molar-refractivity contribution is 5.71. The summed E-state index contributed by atoms with van der Waals surface area (Å²) in [6.07, 6.45) is -2.99. The number of pyridine rings is 1. The molecule has 70 valence electrons. The van der Waals surface area contributed by atoms with Crippen LogP contribution in [0.5, 0.6) is 0 Å². The van der Waals surface area contributed by atoms with E-state index in [1.54, 1.807) is 0 Å². The molecular formula is C7H4F3NO2. The van der Waals surface area contributed by atoms with Crippen molar-refractivity contribution in [3.8, 4) is 0 Å². The van der Waals surface area contributed by atoms with Crippen molar-refractivity contribution < 1.29 is 18.0 Å². The van der Waals surface area contributed by atoms with E-state index in [4.69, 9.17) is 0 Å². The van der Waals surface area contributed by atoms with Gasteiger partial charge in [0.05, 0.1) is 5.69 Å². The number of nitrogens with one attached hydrogen (secondary N) is 1. The maximum Gasteiger partial charge on any atom is 0.281 e. The van der Waals surface area contributed by atoms with Crippen LogP contribution in [0, 0.1) is 5.82 Å². The van der Waals surface area contributed by atoms with Crippen LogP contribution in [0.2, 0.25) is 0 Å². The maximum atomic E-state index is 12.6. The number of aldehydes is 1. The van der Waals surface area contributed by atoms with Crippen molar-refractivity contribution >= 4 is 6.29 Å². The van der Waals surface area contributed by atoms with Crippen molar-refractivity contribution in [1.29, 1.82) is 0 Å². The number of aromatic nitrogens is 1. The topological polar surface area (TPSA) is 49.9 Å². The quantitative estimate of drug-likeness (QED) is 0.715. The van der Waals surface area contributed by atoms with E-state index in [9.17, 15) is 22.8 Å². The Morgan fingerprint density at radius 2 is 2.08 bits per heavy atom. The Hall–Kier alpha value is -1.59. The van der Waals surface area contributed by atoms with Gasteiger partial charge in [-0.15, -0.1) is 0 Å². The van der Waals surface area contributed by atoms with Gasteiger partial charge >= 0.3 is 0 Å². The van der Waals surface area contributed by atoms with Gasteiger partial charge in [0.2, 0.25) is 5.43 Å². The summed E-state index contributed by atoms with van der Waals surface area (Å²) in [7, 11) is 0. The van der Waals surface area contributed by atoms with Crippen molar-refractivity contribution in [3.63, 3.8) is 0 Å². The fraction of sp³-hybridized carbons (Fsp3) is 0.143. The molecule has 3 nitrogen and oxygen atoms in total. The molecule has 0 saturated heterocycles. The summed E-state index contributed by atoms with van der Waals surface area (Å²) in [4.78, 5) is 22.6. The number of hydrogen-bond acceptors (Lipinski definition) is 2. The molecule has 1 N–H and O–H groups in total. The number of H-pyrrole nitrogens is 1. The Labute approximate surface area is 70.2 Å². The summed E-state index contributed by atoms with van der Waals surface area (Å²) < 4.78 is 36.6. The summed E-state index contributed by atoms with van der Waals surface area (Å²) in [6, 6.07) is 0.619. The molecule has 13 heavy (non-hydrogen) atoms. The van der Waals surface area contributed by atoms with Gasteiger partial charge in [0.1, 0.15) is 5.69 Å². The molecule has 0 aliphatic carbocycles. The van der Waals surface area contributed by atoms with Gasteiger partial charge < -0.3 is 4.98 Å². The number of halogens is 3. The van der Waals surface area contributed by atoms with E-state index >= 15 is 0 Å². The lowest BCUT2D eigenvalue weighted by Crippen LogP contribution is -2.13. The van der Waals surface area contributed by atoms with E-state index in [1.807, 2.05) is 4.98 Å². The number of aromatic amines is 1. The molecule has 0 unspecified atom stereocenters. The van der Waals surface area contributed by atoms with E-state index in [0.29, 0.717) is 6.07 Å². The zero-order valence-corrected chi connectivity index (χ0v) is 6.18. The summed E-state index contributed by atoms with van der Waals surface area (Å²) in [6.45, 7) is 0. The lowest BCUT2D eigenvalue weighted by Gasteiger charge is -2.01. The third-order valence-corrected chi connectivity index (χ3v) is 1.36. The monoisotopic (exact) mass is 191 g/mol. The zero-order valence-electron chi connectivity index (χ0n) is 6.18. The van der Waals surface area contributed by atoms with Crippen LogP contribution in [-0.4, -0.2) is 11.3 Å². The SMILES string of the molecule is O=Cc1cc(=O)c(F)c(C(F)F)[nH]1. The second-order valence-corrected chi connectivity index (χ2v) is 2.24. The Bertz CT molecular complexity index is 386. The molecule has 0 aliphatic heterocycles. The number of alkyl halides is 2. The first kappa shape index (κ1) is 9.50. The second kappa shape index (κ2) is 3.42. The van der Waals surface area contributed by atoms with Crippen LogP contribution >= 0.6 is 0 Å².